The van der Waals surface area contributed by atoms with Gasteiger partial charge in [-0.05, 0) is 68.1 Å². The molecule has 1 saturated heterocycles. The second-order valence-electron chi connectivity index (χ2n) is 8.64. The first-order valence-corrected chi connectivity index (χ1v) is 10.2. The normalized spacial score (nSPS) is 26.1. The van der Waals surface area contributed by atoms with Crippen molar-refractivity contribution in [2.45, 2.75) is 56.9 Å². The molecular weight excluding hydrogens is 359 g/mol. The molecule has 1 N–H and O–H groups in total. The molecule has 2 saturated carbocycles. The summed E-state index contributed by atoms with van der Waals surface area (Å²) >= 11 is 0. The lowest BCUT2D eigenvalue weighted by atomic mass is 9.93. The molecule has 3 atom stereocenters. The van der Waals surface area contributed by atoms with Crippen molar-refractivity contribution >= 4 is 11.9 Å². The Balaban J connectivity index is 1.16. The highest BCUT2D eigenvalue weighted by Crippen LogP contribution is 2.54. The zero-order valence-electron chi connectivity index (χ0n) is 16.0. The molecule has 1 spiro atoms. The van der Waals surface area contributed by atoms with Gasteiger partial charge in [-0.2, -0.15) is 0 Å². The lowest BCUT2D eigenvalue weighted by Gasteiger charge is -2.33. The summed E-state index contributed by atoms with van der Waals surface area (Å²) < 4.78 is 18.8. The van der Waals surface area contributed by atoms with Crippen molar-refractivity contribution in [3.63, 3.8) is 0 Å². The summed E-state index contributed by atoms with van der Waals surface area (Å²) in [6.45, 7) is 3.54. The maximum absolute atomic E-state index is 13.1. The van der Waals surface area contributed by atoms with Crippen molar-refractivity contribution in [2.75, 3.05) is 18.4 Å². The molecule has 5 rings (SSSR count). The molecule has 1 aliphatic heterocycles. The van der Waals surface area contributed by atoms with Crippen LogP contribution in [0.2, 0.25) is 0 Å². The lowest BCUT2D eigenvalue weighted by molar-refractivity contribution is -0.133. The molecule has 7 heteroatoms. The third kappa shape index (κ3) is 3.38. The summed E-state index contributed by atoms with van der Waals surface area (Å²) in [5.74, 6) is 0.883. The summed E-state index contributed by atoms with van der Waals surface area (Å²) in [5, 5.41) is 11.3. The average Bonchev–Trinajstić information content (AvgIpc) is 3.61. The van der Waals surface area contributed by atoms with Crippen LogP contribution in [0.5, 0.6) is 0 Å². The quantitative estimate of drug-likeness (QED) is 0.851. The van der Waals surface area contributed by atoms with Crippen molar-refractivity contribution in [1.82, 2.24) is 15.1 Å². The Kier molecular flexibility index (Phi) is 4.14. The van der Waals surface area contributed by atoms with Crippen LogP contribution in [0.15, 0.2) is 28.7 Å². The fraction of sp³-hybridized carbons (Fsp3) is 0.571. The van der Waals surface area contributed by atoms with Crippen molar-refractivity contribution in [1.29, 1.82) is 0 Å². The highest BCUT2D eigenvalue weighted by atomic mass is 19.1. The summed E-state index contributed by atoms with van der Waals surface area (Å²) in [6.07, 6.45) is 5.82. The first-order valence-electron chi connectivity index (χ1n) is 10.2. The zero-order chi connectivity index (χ0) is 19.3. The van der Waals surface area contributed by atoms with E-state index < -0.39 is 6.04 Å². The van der Waals surface area contributed by atoms with Crippen LogP contribution in [-0.4, -0.2) is 40.1 Å². The Morgan fingerprint density at radius 3 is 2.57 bits per heavy atom. The molecule has 2 heterocycles. The van der Waals surface area contributed by atoms with Gasteiger partial charge in [-0.1, -0.05) is 17.2 Å². The number of piperidine rings is 1. The number of amides is 1. The standard InChI is InChI=1S/C21H25FN4O2/c1-13(19(27)26-10-8-21(6-7-21)9-11-26)23-20-25-24-18(28-20)17-12-16(17)14-2-4-15(22)5-3-14/h2-5,13,16-17H,6-12H2,1H3,(H,23,25)/t13-,16?,17?/m1/s1. The van der Waals surface area contributed by atoms with E-state index in [0.29, 0.717) is 11.3 Å². The van der Waals surface area contributed by atoms with Crippen LogP contribution in [0.4, 0.5) is 10.4 Å². The Bertz CT molecular complexity index is 867. The number of likely N-dealkylation sites (tertiary alicyclic amines) is 1. The maximum Gasteiger partial charge on any atom is 0.316 e. The van der Waals surface area contributed by atoms with E-state index in [2.05, 4.69) is 15.5 Å². The third-order valence-corrected chi connectivity index (χ3v) is 6.65. The van der Waals surface area contributed by atoms with E-state index in [1.165, 1.54) is 25.0 Å². The summed E-state index contributed by atoms with van der Waals surface area (Å²) in [6, 6.07) is 6.46. The Labute approximate surface area is 163 Å². The van der Waals surface area contributed by atoms with Gasteiger partial charge in [0.15, 0.2) is 0 Å². The smallest absolute Gasteiger partial charge is 0.316 e. The Morgan fingerprint density at radius 1 is 1.18 bits per heavy atom. The van der Waals surface area contributed by atoms with E-state index in [1.807, 2.05) is 11.8 Å². The maximum atomic E-state index is 13.1. The van der Waals surface area contributed by atoms with E-state index in [-0.39, 0.29) is 29.6 Å². The molecule has 2 aromatic rings. The van der Waals surface area contributed by atoms with Gasteiger partial charge in [0.1, 0.15) is 11.9 Å². The third-order valence-electron chi connectivity index (χ3n) is 6.65. The van der Waals surface area contributed by atoms with E-state index in [4.69, 9.17) is 4.42 Å². The van der Waals surface area contributed by atoms with Gasteiger partial charge in [0, 0.05) is 19.0 Å². The molecule has 1 aromatic heterocycles. The minimum Gasteiger partial charge on any atom is -0.408 e. The molecule has 3 fully saturated rings. The summed E-state index contributed by atoms with van der Waals surface area (Å²) in [4.78, 5) is 14.6. The minimum absolute atomic E-state index is 0.0888. The first-order chi connectivity index (χ1) is 13.5. The molecule has 28 heavy (non-hydrogen) atoms. The lowest BCUT2D eigenvalue weighted by Crippen LogP contribution is -2.45. The predicted octanol–water partition coefficient (Wildman–Crippen LogP) is 3.68. The highest BCUT2D eigenvalue weighted by molar-refractivity contribution is 5.83. The molecule has 0 radical (unpaired) electrons. The van der Waals surface area contributed by atoms with E-state index in [0.717, 1.165) is 37.9 Å². The van der Waals surface area contributed by atoms with Crippen molar-refractivity contribution < 1.29 is 13.6 Å². The van der Waals surface area contributed by atoms with Gasteiger partial charge in [-0.3, -0.25) is 4.79 Å². The SMILES string of the molecule is C[C@@H](Nc1nnc(C2CC2c2ccc(F)cc2)o1)C(=O)N1CCC2(CC1)CC2. The van der Waals surface area contributed by atoms with Gasteiger partial charge in [-0.15, -0.1) is 5.10 Å². The molecule has 1 amide bonds. The zero-order valence-corrected chi connectivity index (χ0v) is 16.0. The van der Waals surface area contributed by atoms with Crippen LogP contribution >= 0.6 is 0 Å². The largest absolute Gasteiger partial charge is 0.408 e. The van der Waals surface area contributed by atoms with Crippen molar-refractivity contribution in [3.8, 4) is 0 Å². The van der Waals surface area contributed by atoms with Gasteiger partial charge in [0.25, 0.3) is 0 Å². The molecule has 3 aliphatic rings. The predicted molar refractivity (Wildman–Crippen MR) is 101 cm³/mol. The molecule has 6 nitrogen and oxygen atoms in total. The second kappa shape index (κ2) is 6.57. The van der Waals surface area contributed by atoms with Gasteiger partial charge in [0.2, 0.25) is 11.8 Å². The molecule has 1 aromatic carbocycles. The van der Waals surface area contributed by atoms with E-state index >= 15 is 0 Å². The molecule has 2 unspecified atom stereocenters. The second-order valence-corrected chi connectivity index (χ2v) is 8.64. The molecule has 2 aliphatic carbocycles. The van der Waals surface area contributed by atoms with Crippen molar-refractivity contribution in [3.05, 3.63) is 41.5 Å². The van der Waals surface area contributed by atoms with Crippen LogP contribution in [0, 0.1) is 11.2 Å². The minimum atomic E-state index is -0.395. The Morgan fingerprint density at radius 2 is 1.89 bits per heavy atom. The number of hydrogen-bond acceptors (Lipinski definition) is 5. The van der Waals surface area contributed by atoms with Crippen molar-refractivity contribution in [2.24, 2.45) is 5.41 Å². The van der Waals surface area contributed by atoms with Gasteiger partial charge in [0.05, 0.1) is 0 Å². The fourth-order valence-corrected chi connectivity index (χ4v) is 4.39. The van der Waals surface area contributed by atoms with Crippen LogP contribution in [0.1, 0.15) is 62.3 Å². The molecule has 0 bridgehead atoms. The summed E-state index contributed by atoms with van der Waals surface area (Å²) in [7, 11) is 0. The number of carbonyl (C=O) groups is 1. The average molecular weight is 384 g/mol. The van der Waals surface area contributed by atoms with E-state index in [1.54, 1.807) is 12.1 Å². The van der Waals surface area contributed by atoms with Crippen LogP contribution in [-0.2, 0) is 4.79 Å². The number of halogens is 1. The van der Waals surface area contributed by atoms with Crippen LogP contribution in [0.25, 0.3) is 0 Å². The fourth-order valence-electron chi connectivity index (χ4n) is 4.39. The number of carbonyl (C=O) groups excluding carboxylic acids is 1. The number of nitrogens with one attached hydrogen (secondary N) is 1. The highest BCUT2D eigenvalue weighted by Gasteiger charge is 2.46. The number of aromatic nitrogens is 2. The number of hydrogen-bond donors (Lipinski definition) is 1. The number of rotatable bonds is 5. The van der Waals surface area contributed by atoms with Crippen LogP contribution < -0.4 is 5.32 Å². The monoisotopic (exact) mass is 384 g/mol. The number of nitrogens with zero attached hydrogens (tertiary/aromatic N) is 3. The molecular formula is C21H25FN4O2. The van der Waals surface area contributed by atoms with Gasteiger partial charge >= 0.3 is 6.01 Å². The number of anilines is 1. The summed E-state index contributed by atoms with van der Waals surface area (Å²) in [5.41, 5.74) is 1.64. The van der Waals surface area contributed by atoms with Crippen LogP contribution in [0.3, 0.4) is 0 Å². The van der Waals surface area contributed by atoms with Gasteiger partial charge < -0.3 is 14.6 Å². The first kappa shape index (κ1) is 17.6. The van der Waals surface area contributed by atoms with E-state index in [9.17, 15) is 9.18 Å². The number of benzene rings is 1. The Hall–Kier alpha value is -2.44. The molecule has 148 valence electrons. The van der Waals surface area contributed by atoms with Gasteiger partial charge in [-0.25, -0.2) is 4.39 Å². The topological polar surface area (TPSA) is 71.3 Å².